The molecular weight excluding hydrogens is 212 g/mol. The van der Waals surface area contributed by atoms with E-state index in [2.05, 4.69) is 6.07 Å². The van der Waals surface area contributed by atoms with Crippen molar-refractivity contribution in [3.63, 3.8) is 0 Å². The second kappa shape index (κ2) is 4.87. The van der Waals surface area contributed by atoms with Crippen LogP contribution in [0.25, 0.3) is 0 Å². The third kappa shape index (κ3) is 2.06. The topological polar surface area (TPSA) is 70.0 Å². The van der Waals surface area contributed by atoms with E-state index in [-0.39, 0.29) is 17.9 Å². The average molecular weight is 230 g/mol. The minimum Gasteiger partial charge on any atom is -0.396 e. The highest BCUT2D eigenvalue weighted by molar-refractivity contribution is 5.34. The van der Waals surface area contributed by atoms with E-state index < -0.39 is 0 Å². The number of hydrogen-bond donors (Lipinski definition) is 2. The van der Waals surface area contributed by atoms with E-state index in [0.29, 0.717) is 12.1 Å². The zero-order valence-corrected chi connectivity index (χ0v) is 9.89. The van der Waals surface area contributed by atoms with Crippen LogP contribution in [0.2, 0.25) is 0 Å². The number of nitrogens with two attached hydrogens (primary N) is 1. The van der Waals surface area contributed by atoms with E-state index in [0.717, 1.165) is 18.4 Å². The molecule has 3 N–H and O–H groups in total. The van der Waals surface area contributed by atoms with Crippen molar-refractivity contribution in [3.8, 4) is 6.07 Å². The second-order valence-corrected chi connectivity index (χ2v) is 4.90. The maximum absolute atomic E-state index is 9.59. The number of benzene rings is 1. The van der Waals surface area contributed by atoms with Crippen LogP contribution in [0.1, 0.15) is 36.3 Å². The summed E-state index contributed by atoms with van der Waals surface area (Å²) in [5, 5.41) is 18.4. The number of rotatable bonds is 4. The molecule has 1 atom stereocenters. The molecule has 2 rings (SSSR count). The first kappa shape index (κ1) is 12.1. The molecule has 0 aliphatic heterocycles. The van der Waals surface area contributed by atoms with Gasteiger partial charge in [0.25, 0.3) is 0 Å². The molecule has 17 heavy (non-hydrogen) atoms. The van der Waals surface area contributed by atoms with Gasteiger partial charge in [0.2, 0.25) is 0 Å². The fraction of sp³-hybridized carbons (Fsp3) is 0.500. The Labute approximate surface area is 102 Å². The van der Waals surface area contributed by atoms with Crippen LogP contribution in [-0.2, 0) is 0 Å². The monoisotopic (exact) mass is 230 g/mol. The Bertz CT molecular complexity index is 409. The fourth-order valence-electron chi connectivity index (χ4n) is 2.78. The largest absolute Gasteiger partial charge is 0.396 e. The Kier molecular flexibility index (Phi) is 3.46. The van der Waals surface area contributed by atoms with Gasteiger partial charge in [-0.1, -0.05) is 18.6 Å². The predicted octanol–water partition coefficient (Wildman–Crippen LogP) is 1.76. The number of aliphatic hydroxyl groups excluding tert-OH is 1. The highest BCUT2D eigenvalue weighted by Gasteiger charge is 2.43. The Morgan fingerprint density at radius 1 is 1.35 bits per heavy atom. The third-order valence-electron chi connectivity index (χ3n) is 4.08. The van der Waals surface area contributed by atoms with E-state index in [1.165, 1.54) is 6.42 Å². The van der Waals surface area contributed by atoms with Gasteiger partial charge >= 0.3 is 0 Å². The van der Waals surface area contributed by atoms with Crippen molar-refractivity contribution >= 4 is 0 Å². The Balaban J connectivity index is 2.26. The zero-order valence-electron chi connectivity index (χ0n) is 9.89. The summed E-state index contributed by atoms with van der Waals surface area (Å²) in [6.07, 6.45) is 3.27. The maximum atomic E-state index is 9.59. The van der Waals surface area contributed by atoms with Crippen molar-refractivity contribution < 1.29 is 5.11 Å². The summed E-state index contributed by atoms with van der Waals surface area (Å²) in [7, 11) is 0. The number of aliphatic hydroxyl groups is 1. The lowest BCUT2D eigenvalue weighted by molar-refractivity contribution is 0.0192. The Morgan fingerprint density at radius 2 is 2.00 bits per heavy atom. The van der Waals surface area contributed by atoms with E-state index >= 15 is 0 Å². The summed E-state index contributed by atoms with van der Waals surface area (Å²) >= 11 is 0. The molecule has 0 saturated heterocycles. The van der Waals surface area contributed by atoms with E-state index in [9.17, 15) is 5.11 Å². The van der Waals surface area contributed by atoms with Gasteiger partial charge in [-0.3, -0.25) is 0 Å². The molecule has 1 aromatic carbocycles. The van der Waals surface area contributed by atoms with E-state index in [1.807, 2.05) is 24.3 Å². The van der Waals surface area contributed by atoms with Crippen LogP contribution in [0.15, 0.2) is 24.3 Å². The van der Waals surface area contributed by atoms with Crippen LogP contribution in [-0.4, -0.2) is 18.3 Å². The van der Waals surface area contributed by atoms with Crippen LogP contribution >= 0.6 is 0 Å². The molecule has 0 heterocycles. The van der Waals surface area contributed by atoms with Crippen molar-refractivity contribution in [2.24, 2.45) is 11.1 Å². The van der Waals surface area contributed by atoms with Crippen LogP contribution in [0, 0.1) is 16.7 Å². The smallest absolute Gasteiger partial charge is 0.0991 e. The molecule has 0 spiro atoms. The average Bonchev–Trinajstić information content (AvgIpc) is 2.34. The molecule has 90 valence electrons. The molecule has 0 unspecified atom stereocenters. The summed E-state index contributed by atoms with van der Waals surface area (Å²) in [5.41, 5.74) is 7.65. The lowest BCUT2D eigenvalue weighted by Crippen LogP contribution is -2.42. The van der Waals surface area contributed by atoms with Gasteiger partial charge in [-0.2, -0.15) is 5.26 Å². The molecule has 3 heteroatoms. The highest BCUT2D eigenvalue weighted by atomic mass is 16.3. The number of nitrogens with zero attached hydrogens (tertiary/aromatic N) is 1. The van der Waals surface area contributed by atoms with Gasteiger partial charge in [0.15, 0.2) is 0 Å². The lowest BCUT2D eigenvalue weighted by Gasteiger charge is -2.46. The molecule has 1 aromatic rings. The first-order chi connectivity index (χ1) is 8.25. The van der Waals surface area contributed by atoms with Crippen LogP contribution < -0.4 is 5.73 Å². The molecule has 0 aromatic heterocycles. The van der Waals surface area contributed by atoms with Crippen molar-refractivity contribution in [1.82, 2.24) is 0 Å². The fourth-order valence-corrected chi connectivity index (χ4v) is 2.78. The predicted molar refractivity (Wildman–Crippen MR) is 66.3 cm³/mol. The van der Waals surface area contributed by atoms with Crippen LogP contribution in [0.5, 0.6) is 0 Å². The van der Waals surface area contributed by atoms with Crippen molar-refractivity contribution in [3.05, 3.63) is 35.4 Å². The van der Waals surface area contributed by atoms with Crippen LogP contribution in [0.4, 0.5) is 0 Å². The first-order valence-corrected chi connectivity index (χ1v) is 6.07. The molecule has 0 radical (unpaired) electrons. The quantitative estimate of drug-likeness (QED) is 0.828. The molecule has 1 aliphatic rings. The molecule has 1 fully saturated rings. The van der Waals surface area contributed by atoms with Gasteiger partial charge in [-0.25, -0.2) is 0 Å². The minimum absolute atomic E-state index is 0.0249. The molecule has 3 nitrogen and oxygen atoms in total. The molecule has 0 bridgehead atoms. The number of nitriles is 1. The molecule has 1 aliphatic carbocycles. The van der Waals surface area contributed by atoms with E-state index in [4.69, 9.17) is 11.0 Å². The molecule has 0 amide bonds. The SMILES string of the molecule is N#Cc1ccc([C@@H](CN)C2(CO)CCC2)cc1. The van der Waals surface area contributed by atoms with Gasteiger partial charge < -0.3 is 10.8 Å². The van der Waals surface area contributed by atoms with Crippen molar-refractivity contribution in [1.29, 1.82) is 5.26 Å². The Morgan fingerprint density at radius 3 is 2.35 bits per heavy atom. The Hall–Kier alpha value is -1.37. The standard InChI is InChI=1S/C14H18N2O/c15-8-11-2-4-12(5-3-11)13(9-16)14(10-17)6-1-7-14/h2-5,13,17H,1,6-7,9-10,16H2/t13-/m1/s1. The molecule has 1 saturated carbocycles. The highest BCUT2D eigenvalue weighted by Crippen LogP contribution is 2.50. The van der Waals surface area contributed by atoms with Gasteiger partial charge in [0.05, 0.1) is 11.6 Å². The lowest BCUT2D eigenvalue weighted by atomic mass is 9.60. The van der Waals surface area contributed by atoms with Crippen LogP contribution in [0.3, 0.4) is 0 Å². The zero-order chi connectivity index (χ0) is 12.3. The number of hydrogen-bond acceptors (Lipinski definition) is 3. The maximum Gasteiger partial charge on any atom is 0.0991 e. The normalized spacial score (nSPS) is 19.1. The van der Waals surface area contributed by atoms with Gasteiger partial charge in [0.1, 0.15) is 0 Å². The van der Waals surface area contributed by atoms with Crippen molar-refractivity contribution in [2.45, 2.75) is 25.2 Å². The molecular formula is C14H18N2O. The van der Waals surface area contributed by atoms with E-state index in [1.54, 1.807) is 0 Å². The first-order valence-electron chi connectivity index (χ1n) is 6.07. The summed E-state index contributed by atoms with van der Waals surface area (Å²) < 4.78 is 0. The van der Waals surface area contributed by atoms with Gasteiger partial charge in [-0.15, -0.1) is 0 Å². The second-order valence-electron chi connectivity index (χ2n) is 4.90. The summed E-state index contributed by atoms with van der Waals surface area (Å²) in [6.45, 7) is 0.751. The summed E-state index contributed by atoms with van der Waals surface area (Å²) in [6, 6.07) is 9.68. The third-order valence-corrected chi connectivity index (χ3v) is 4.08. The minimum atomic E-state index is -0.0249. The summed E-state index contributed by atoms with van der Waals surface area (Å²) in [5.74, 6) is 0.203. The summed E-state index contributed by atoms with van der Waals surface area (Å²) in [4.78, 5) is 0. The van der Waals surface area contributed by atoms with Crippen molar-refractivity contribution in [2.75, 3.05) is 13.2 Å². The van der Waals surface area contributed by atoms with Gasteiger partial charge in [0, 0.05) is 17.9 Å². The van der Waals surface area contributed by atoms with Gasteiger partial charge in [-0.05, 0) is 37.1 Å².